The van der Waals surface area contributed by atoms with Gasteiger partial charge in [0.05, 0.1) is 17.9 Å². The minimum absolute atomic E-state index is 0.0476. The number of hydrogen-bond acceptors (Lipinski definition) is 7. The lowest BCUT2D eigenvalue weighted by Crippen LogP contribution is -2.41. The lowest BCUT2D eigenvalue weighted by atomic mass is 9.94. The molecule has 2 N–H and O–H groups in total. The minimum Gasteiger partial charge on any atom is -0.358 e. The number of likely N-dealkylation sites (N-methyl/N-ethyl adjacent to an activating group) is 1. The number of rotatable bonds is 5. The molecule has 0 radical (unpaired) electrons. The zero-order chi connectivity index (χ0) is 16.9. The Morgan fingerprint density at radius 2 is 2.25 bits per heavy atom. The van der Waals surface area contributed by atoms with E-state index in [1.54, 1.807) is 30.8 Å². The van der Waals surface area contributed by atoms with Gasteiger partial charge in [0.2, 0.25) is 5.91 Å². The van der Waals surface area contributed by atoms with E-state index in [2.05, 4.69) is 30.5 Å². The van der Waals surface area contributed by atoms with Crippen molar-refractivity contribution in [3.63, 3.8) is 0 Å². The van der Waals surface area contributed by atoms with Crippen molar-refractivity contribution in [2.45, 2.75) is 25.7 Å². The molecule has 7 nitrogen and oxygen atoms in total. The summed E-state index contributed by atoms with van der Waals surface area (Å²) in [6.45, 7) is 4.16. The Labute approximate surface area is 145 Å². The van der Waals surface area contributed by atoms with Crippen molar-refractivity contribution in [1.29, 1.82) is 0 Å². The normalized spacial score (nSPS) is 18.3. The van der Waals surface area contributed by atoms with Gasteiger partial charge in [-0.25, -0.2) is 9.97 Å². The first-order chi connectivity index (χ1) is 11.7. The van der Waals surface area contributed by atoms with E-state index in [4.69, 9.17) is 0 Å². The van der Waals surface area contributed by atoms with Crippen LogP contribution >= 0.6 is 11.3 Å². The molecule has 1 aliphatic heterocycles. The van der Waals surface area contributed by atoms with Crippen LogP contribution in [0.1, 0.15) is 30.1 Å². The lowest BCUT2D eigenvalue weighted by molar-refractivity contribution is -0.122. The summed E-state index contributed by atoms with van der Waals surface area (Å²) in [5.41, 5.74) is 1.94. The molecular weight excluding hydrogens is 324 g/mol. The second-order valence-corrected chi connectivity index (χ2v) is 6.81. The number of thiazole rings is 1. The standard InChI is InChI=1S/C16H22N6OS/c1-11-10-24-16(20-11)21-15-14(18-5-6-19-15)12-4-3-7-22(8-12)9-13(23)17-2/h5-6,10,12H,3-4,7-9H2,1-2H3,(H,17,23)(H,19,20,21)/t12-/m1/s1. The topological polar surface area (TPSA) is 83.0 Å². The van der Waals surface area contributed by atoms with E-state index in [0.717, 1.165) is 48.3 Å². The average molecular weight is 346 g/mol. The summed E-state index contributed by atoms with van der Waals surface area (Å²) in [4.78, 5) is 27.3. The molecule has 1 atom stereocenters. The van der Waals surface area contributed by atoms with E-state index in [9.17, 15) is 4.79 Å². The average Bonchev–Trinajstić information content (AvgIpc) is 3.00. The van der Waals surface area contributed by atoms with E-state index >= 15 is 0 Å². The summed E-state index contributed by atoms with van der Waals surface area (Å²) in [6, 6.07) is 0. The number of aryl methyl sites for hydroxylation is 1. The summed E-state index contributed by atoms with van der Waals surface area (Å²) < 4.78 is 0. The molecule has 2 aromatic rings. The zero-order valence-electron chi connectivity index (χ0n) is 14.0. The van der Waals surface area contributed by atoms with Gasteiger partial charge < -0.3 is 10.6 Å². The van der Waals surface area contributed by atoms with Gasteiger partial charge in [-0.2, -0.15) is 0 Å². The van der Waals surface area contributed by atoms with Crippen molar-refractivity contribution in [1.82, 2.24) is 25.2 Å². The van der Waals surface area contributed by atoms with Crippen LogP contribution in [0.5, 0.6) is 0 Å². The molecule has 2 aromatic heterocycles. The van der Waals surface area contributed by atoms with E-state index in [1.807, 2.05) is 12.3 Å². The lowest BCUT2D eigenvalue weighted by Gasteiger charge is -2.32. The number of likely N-dealkylation sites (tertiary alicyclic amines) is 1. The molecule has 3 heterocycles. The Morgan fingerprint density at radius 1 is 1.42 bits per heavy atom. The predicted octanol–water partition coefficient (Wildman–Crippen LogP) is 1.91. The van der Waals surface area contributed by atoms with Crippen molar-refractivity contribution in [3.05, 3.63) is 29.2 Å². The number of carbonyl (C=O) groups is 1. The van der Waals surface area contributed by atoms with Gasteiger partial charge >= 0.3 is 0 Å². The second-order valence-electron chi connectivity index (χ2n) is 5.96. The van der Waals surface area contributed by atoms with Gasteiger partial charge in [-0.3, -0.25) is 14.7 Å². The Hall–Kier alpha value is -2.06. The fourth-order valence-corrected chi connectivity index (χ4v) is 3.65. The van der Waals surface area contributed by atoms with Crippen molar-refractivity contribution in [3.8, 4) is 0 Å². The van der Waals surface area contributed by atoms with Crippen LogP contribution < -0.4 is 10.6 Å². The molecule has 0 bridgehead atoms. The van der Waals surface area contributed by atoms with Gasteiger partial charge in [-0.15, -0.1) is 11.3 Å². The highest BCUT2D eigenvalue weighted by atomic mass is 32.1. The van der Waals surface area contributed by atoms with E-state index in [-0.39, 0.29) is 11.8 Å². The molecule has 24 heavy (non-hydrogen) atoms. The van der Waals surface area contributed by atoms with Crippen molar-refractivity contribution in [2.75, 3.05) is 32.0 Å². The first kappa shape index (κ1) is 16.8. The van der Waals surface area contributed by atoms with Gasteiger partial charge in [-0.1, -0.05) is 0 Å². The highest BCUT2D eigenvalue weighted by molar-refractivity contribution is 7.13. The molecule has 0 spiro atoms. The first-order valence-electron chi connectivity index (χ1n) is 8.08. The number of piperidine rings is 1. The predicted molar refractivity (Wildman–Crippen MR) is 94.6 cm³/mol. The Balaban J connectivity index is 1.75. The molecule has 1 saturated heterocycles. The third-order valence-electron chi connectivity index (χ3n) is 4.11. The van der Waals surface area contributed by atoms with Crippen LogP contribution in [0.4, 0.5) is 10.9 Å². The van der Waals surface area contributed by atoms with E-state index < -0.39 is 0 Å². The van der Waals surface area contributed by atoms with Crippen LogP contribution in [0.25, 0.3) is 0 Å². The number of nitrogens with zero attached hydrogens (tertiary/aromatic N) is 4. The van der Waals surface area contributed by atoms with Gasteiger partial charge in [0.1, 0.15) is 0 Å². The first-order valence-corrected chi connectivity index (χ1v) is 8.96. The maximum absolute atomic E-state index is 11.6. The molecule has 128 valence electrons. The van der Waals surface area contributed by atoms with Crippen LogP contribution in [0, 0.1) is 6.92 Å². The number of aromatic nitrogens is 3. The minimum atomic E-state index is 0.0476. The van der Waals surface area contributed by atoms with Crippen molar-refractivity contribution < 1.29 is 4.79 Å². The molecule has 8 heteroatoms. The van der Waals surface area contributed by atoms with Crippen LogP contribution in [0.15, 0.2) is 17.8 Å². The molecular formula is C16H22N6OS. The van der Waals surface area contributed by atoms with Gasteiger partial charge in [0.15, 0.2) is 10.9 Å². The smallest absolute Gasteiger partial charge is 0.233 e. The number of nitrogens with one attached hydrogen (secondary N) is 2. The third-order valence-corrected chi connectivity index (χ3v) is 4.98. The monoisotopic (exact) mass is 346 g/mol. The third kappa shape index (κ3) is 4.07. The molecule has 3 rings (SSSR count). The molecule has 0 saturated carbocycles. The maximum Gasteiger partial charge on any atom is 0.233 e. The molecule has 1 fully saturated rings. The van der Waals surface area contributed by atoms with Crippen LogP contribution in [-0.2, 0) is 4.79 Å². The summed E-state index contributed by atoms with van der Waals surface area (Å²) >= 11 is 1.56. The van der Waals surface area contributed by atoms with Crippen LogP contribution in [0.3, 0.4) is 0 Å². The van der Waals surface area contributed by atoms with E-state index in [0.29, 0.717) is 6.54 Å². The largest absolute Gasteiger partial charge is 0.358 e. The summed E-state index contributed by atoms with van der Waals surface area (Å²) in [5, 5.41) is 8.81. The summed E-state index contributed by atoms with van der Waals surface area (Å²) in [5.74, 6) is 1.07. The highest BCUT2D eigenvalue weighted by Crippen LogP contribution is 2.31. The number of anilines is 2. The number of carbonyl (C=O) groups excluding carboxylic acids is 1. The molecule has 0 unspecified atom stereocenters. The molecule has 0 aliphatic carbocycles. The highest BCUT2D eigenvalue weighted by Gasteiger charge is 2.26. The number of amides is 1. The molecule has 0 aromatic carbocycles. The summed E-state index contributed by atoms with van der Waals surface area (Å²) in [7, 11) is 1.67. The Bertz CT molecular complexity index is 703. The van der Waals surface area contributed by atoms with Crippen LogP contribution in [0.2, 0.25) is 0 Å². The quantitative estimate of drug-likeness (QED) is 0.860. The fourth-order valence-electron chi connectivity index (χ4n) is 2.96. The SMILES string of the molecule is CNC(=O)CN1CCC[C@@H](c2nccnc2Nc2nc(C)cs2)C1. The van der Waals surface area contributed by atoms with Crippen molar-refractivity contribution >= 4 is 28.2 Å². The van der Waals surface area contributed by atoms with Crippen LogP contribution in [-0.4, -0.2) is 52.4 Å². The molecule has 1 aliphatic rings. The molecule has 1 amide bonds. The Morgan fingerprint density at radius 3 is 3.00 bits per heavy atom. The number of hydrogen-bond donors (Lipinski definition) is 2. The van der Waals surface area contributed by atoms with E-state index in [1.165, 1.54) is 0 Å². The maximum atomic E-state index is 11.6. The van der Waals surface area contributed by atoms with Gasteiger partial charge in [0, 0.05) is 37.3 Å². The fraction of sp³-hybridized carbons (Fsp3) is 0.500. The zero-order valence-corrected chi connectivity index (χ0v) is 14.8. The van der Waals surface area contributed by atoms with Gasteiger partial charge in [0.25, 0.3) is 0 Å². The van der Waals surface area contributed by atoms with Crippen molar-refractivity contribution in [2.24, 2.45) is 0 Å². The summed E-state index contributed by atoms with van der Waals surface area (Å²) in [6.07, 6.45) is 5.52. The second kappa shape index (κ2) is 7.67. The van der Waals surface area contributed by atoms with Gasteiger partial charge in [-0.05, 0) is 26.3 Å². The Kier molecular flexibility index (Phi) is 5.37.